The molecule has 0 aliphatic heterocycles. The number of nitrogens with zero attached hydrogens (tertiary/aromatic N) is 2. The molecule has 1 unspecified atom stereocenters. The predicted octanol–water partition coefficient (Wildman–Crippen LogP) is 1.51. The Kier molecular flexibility index (Phi) is 5.15. The fraction of sp³-hybridized carbons (Fsp3) is 0.769. The molecule has 98 valence electrons. The summed E-state index contributed by atoms with van der Waals surface area (Å²) in [4.78, 5) is 0. The number of aryl methyl sites for hydroxylation is 2. The Morgan fingerprint density at radius 3 is 2.29 bits per heavy atom. The second-order valence-electron chi connectivity index (χ2n) is 5.12. The van der Waals surface area contributed by atoms with Crippen LogP contribution in [0.1, 0.15) is 37.7 Å². The molecule has 0 aromatic carbocycles. The minimum Gasteiger partial charge on any atom is -0.313 e. The summed E-state index contributed by atoms with van der Waals surface area (Å²) in [6.07, 6.45) is 0. The summed E-state index contributed by atoms with van der Waals surface area (Å²) in [5.74, 6) is 0. The van der Waals surface area contributed by atoms with E-state index in [-0.39, 0.29) is 0 Å². The molecule has 0 spiro atoms. The number of rotatable bonds is 6. The number of hydrogen-bond acceptors (Lipinski definition) is 3. The number of hydrogen-bond donors (Lipinski definition) is 2. The SMILES string of the molecule is Cc1nn(C)c(C)c1CNC(C)CNC(C)C. The highest BCUT2D eigenvalue weighted by atomic mass is 15.3. The lowest BCUT2D eigenvalue weighted by Crippen LogP contribution is -2.38. The molecule has 17 heavy (non-hydrogen) atoms. The molecule has 1 aromatic heterocycles. The second-order valence-corrected chi connectivity index (χ2v) is 5.12. The van der Waals surface area contributed by atoms with Crippen LogP contribution in [-0.2, 0) is 13.6 Å². The number of nitrogens with one attached hydrogen (secondary N) is 2. The summed E-state index contributed by atoms with van der Waals surface area (Å²) >= 11 is 0. The van der Waals surface area contributed by atoms with E-state index < -0.39 is 0 Å². The van der Waals surface area contributed by atoms with Crippen molar-refractivity contribution in [3.8, 4) is 0 Å². The van der Waals surface area contributed by atoms with Gasteiger partial charge in [0.25, 0.3) is 0 Å². The first-order valence-corrected chi connectivity index (χ1v) is 6.37. The molecule has 0 fully saturated rings. The summed E-state index contributed by atoms with van der Waals surface area (Å²) in [6, 6.07) is 1.01. The summed E-state index contributed by atoms with van der Waals surface area (Å²) in [6.45, 7) is 12.6. The minimum absolute atomic E-state index is 0.469. The fourth-order valence-corrected chi connectivity index (χ4v) is 1.83. The van der Waals surface area contributed by atoms with Gasteiger partial charge in [0, 0.05) is 43.5 Å². The van der Waals surface area contributed by atoms with Crippen LogP contribution in [0.5, 0.6) is 0 Å². The van der Waals surface area contributed by atoms with Gasteiger partial charge in [0.15, 0.2) is 0 Å². The van der Waals surface area contributed by atoms with Gasteiger partial charge in [-0.2, -0.15) is 5.10 Å². The van der Waals surface area contributed by atoms with Gasteiger partial charge in [-0.3, -0.25) is 4.68 Å². The van der Waals surface area contributed by atoms with Crippen LogP contribution in [0.2, 0.25) is 0 Å². The zero-order chi connectivity index (χ0) is 13.0. The molecule has 1 aromatic rings. The van der Waals surface area contributed by atoms with Crippen molar-refractivity contribution in [2.75, 3.05) is 6.54 Å². The Morgan fingerprint density at radius 1 is 1.18 bits per heavy atom. The molecule has 0 amide bonds. The van der Waals surface area contributed by atoms with Crippen molar-refractivity contribution in [3.05, 3.63) is 17.0 Å². The maximum atomic E-state index is 4.42. The molecule has 4 heteroatoms. The Morgan fingerprint density at radius 2 is 1.82 bits per heavy atom. The van der Waals surface area contributed by atoms with Crippen LogP contribution >= 0.6 is 0 Å². The van der Waals surface area contributed by atoms with Crippen molar-refractivity contribution in [2.24, 2.45) is 7.05 Å². The molecule has 0 saturated carbocycles. The fourth-order valence-electron chi connectivity index (χ4n) is 1.83. The van der Waals surface area contributed by atoms with Crippen molar-refractivity contribution >= 4 is 0 Å². The summed E-state index contributed by atoms with van der Waals surface area (Å²) in [5, 5.41) is 11.4. The van der Waals surface area contributed by atoms with E-state index in [1.54, 1.807) is 0 Å². The molecule has 0 radical (unpaired) electrons. The number of aromatic nitrogens is 2. The monoisotopic (exact) mass is 238 g/mol. The van der Waals surface area contributed by atoms with Crippen LogP contribution < -0.4 is 10.6 Å². The predicted molar refractivity (Wildman–Crippen MR) is 72.1 cm³/mol. The molecule has 0 bridgehead atoms. The zero-order valence-electron chi connectivity index (χ0n) is 12.0. The third-order valence-electron chi connectivity index (χ3n) is 3.12. The maximum absolute atomic E-state index is 4.42. The van der Waals surface area contributed by atoms with Gasteiger partial charge < -0.3 is 10.6 Å². The van der Waals surface area contributed by atoms with Crippen LogP contribution in [0, 0.1) is 13.8 Å². The molecule has 0 aliphatic carbocycles. The lowest BCUT2D eigenvalue weighted by atomic mass is 10.2. The summed E-state index contributed by atoms with van der Waals surface area (Å²) in [7, 11) is 2.00. The zero-order valence-corrected chi connectivity index (χ0v) is 12.0. The van der Waals surface area contributed by atoms with Gasteiger partial charge in [0.05, 0.1) is 5.69 Å². The Labute approximate surface area is 105 Å². The highest BCUT2D eigenvalue weighted by Crippen LogP contribution is 2.11. The first-order valence-electron chi connectivity index (χ1n) is 6.37. The smallest absolute Gasteiger partial charge is 0.0641 e. The quantitative estimate of drug-likeness (QED) is 0.789. The van der Waals surface area contributed by atoms with E-state index in [1.807, 2.05) is 11.7 Å². The molecule has 0 aliphatic rings. The average Bonchev–Trinajstić information content (AvgIpc) is 2.48. The van der Waals surface area contributed by atoms with Gasteiger partial charge in [-0.05, 0) is 20.8 Å². The first-order chi connectivity index (χ1) is 7.91. The van der Waals surface area contributed by atoms with E-state index in [9.17, 15) is 0 Å². The van der Waals surface area contributed by atoms with Gasteiger partial charge in [-0.25, -0.2) is 0 Å². The van der Waals surface area contributed by atoms with Crippen molar-refractivity contribution in [1.29, 1.82) is 0 Å². The normalized spacial score (nSPS) is 13.4. The van der Waals surface area contributed by atoms with Crippen molar-refractivity contribution in [3.63, 3.8) is 0 Å². The van der Waals surface area contributed by atoms with Gasteiger partial charge in [-0.15, -0.1) is 0 Å². The van der Waals surface area contributed by atoms with E-state index in [2.05, 4.69) is 50.4 Å². The van der Waals surface area contributed by atoms with E-state index in [1.165, 1.54) is 11.3 Å². The van der Waals surface area contributed by atoms with E-state index >= 15 is 0 Å². The molecule has 1 rings (SSSR count). The van der Waals surface area contributed by atoms with Crippen molar-refractivity contribution in [1.82, 2.24) is 20.4 Å². The van der Waals surface area contributed by atoms with Crippen LogP contribution in [0.15, 0.2) is 0 Å². The van der Waals surface area contributed by atoms with Gasteiger partial charge in [-0.1, -0.05) is 13.8 Å². The molecular weight excluding hydrogens is 212 g/mol. The molecular formula is C13H26N4. The molecule has 2 N–H and O–H groups in total. The summed E-state index contributed by atoms with van der Waals surface area (Å²) in [5.41, 5.74) is 3.70. The third kappa shape index (κ3) is 4.13. The highest BCUT2D eigenvalue weighted by molar-refractivity contribution is 5.24. The lowest BCUT2D eigenvalue weighted by molar-refractivity contribution is 0.473. The van der Waals surface area contributed by atoms with E-state index in [0.29, 0.717) is 12.1 Å². The van der Waals surface area contributed by atoms with Crippen molar-refractivity contribution < 1.29 is 0 Å². The van der Waals surface area contributed by atoms with Crippen LogP contribution in [0.4, 0.5) is 0 Å². The minimum atomic E-state index is 0.469. The topological polar surface area (TPSA) is 41.9 Å². The second kappa shape index (κ2) is 6.17. The molecule has 1 heterocycles. The highest BCUT2D eigenvalue weighted by Gasteiger charge is 2.10. The van der Waals surface area contributed by atoms with E-state index in [4.69, 9.17) is 0 Å². The van der Waals surface area contributed by atoms with Crippen LogP contribution in [-0.4, -0.2) is 28.4 Å². The maximum Gasteiger partial charge on any atom is 0.0641 e. The first kappa shape index (κ1) is 14.2. The average molecular weight is 238 g/mol. The van der Waals surface area contributed by atoms with E-state index in [0.717, 1.165) is 18.8 Å². The standard InChI is InChI=1S/C13H26N4/c1-9(2)14-7-10(3)15-8-13-11(4)16-17(6)12(13)5/h9-10,14-15H,7-8H2,1-6H3. The van der Waals surface area contributed by atoms with Gasteiger partial charge >= 0.3 is 0 Å². The van der Waals surface area contributed by atoms with Crippen LogP contribution in [0.25, 0.3) is 0 Å². The summed E-state index contributed by atoms with van der Waals surface area (Å²) < 4.78 is 1.95. The largest absolute Gasteiger partial charge is 0.313 e. The molecule has 0 saturated heterocycles. The van der Waals surface area contributed by atoms with Crippen LogP contribution in [0.3, 0.4) is 0 Å². The third-order valence-corrected chi connectivity index (χ3v) is 3.12. The lowest BCUT2D eigenvalue weighted by Gasteiger charge is -2.16. The van der Waals surface area contributed by atoms with Crippen molar-refractivity contribution in [2.45, 2.75) is 53.2 Å². The Bertz CT molecular complexity index is 355. The van der Waals surface area contributed by atoms with Gasteiger partial charge in [0.2, 0.25) is 0 Å². The Hall–Kier alpha value is -0.870. The molecule has 4 nitrogen and oxygen atoms in total. The van der Waals surface area contributed by atoms with Gasteiger partial charge in [0.1, 0.15) is 0 Å². The Balaban J connectivity index is 2.44. The molecule has 1 atom stereocenters.